The Hall–Kier alpha value is -3.78. The minimum Gasteiger partial charge on any atom is -0.375 e. The molecule has 0 radical (unpaired) electrons. The van der Waals surface area contributed by atoms with E-state index in [-0.39, 0.29) is 41.0 Å². The average molecular weight is 674 g/mol. The van der Waals surface area contributed by atoms with Gasteiger partial charge in [-0.25, -0.2) is 0 Å². The molecule has 0 fully saturated rings. The Morgan fingerprint density at radius 2 is 1.49 bits per heavy atom. The number of rotatable bonds is 9. The molecule has 194 valence electrons. The normalized spacial score (nSPS) is 9.68. The third kappa shape index (κ3) is 8.68. The molecule has 0 saturated heterocycles. The van der Waals surface area contributed by atoms with Crippen molar-refractivity contribution < 1.29 is 30.6 Å². The van der Waals surface area contributed by atoms with Crippen molar-refractivity contribution in [3.63, 3.8) is 0 Å². The standard InChI is InChI=1S/C13H15N5O2.C10H11N5.CH4.W/c1-20-8-13(19)15-5-4-9-7-16-12-3-2-10(17-18-14)6-11(9)12;11-4-3-7-6-13-10-2-1-8(14-15-12)5-9(7)10;;/h2-3,6-7,16H,4-5,8H2,1H3,(H,15,19);1-2,5-6,13H,3-4,11H2;1H4;. The van der Waals surface area contributed by atoms with Gasteiger partial charge in [-0.15, -0.1) is 0 Å². The van der Waals surface area contributed by atoms with Crippen LogP contribution in [0, 0.1) is 0 Å². The van der Waals surface area contributed by atoms with Gasteiger partial charge in [-0.05, 0) is 65.8 Å². The summed E-state index contributed by atoms with van der Waals surface area (Å²) in [5.74, 6) is -0.137. The molecule has 2 aromatic heterocycles. The Balaban J connectivity index is 0.000000363. The third-order valence-corrected chi connectivity index (χ3v) is 5.23. The van der Waals surface area contributed by atoms with E-state index >= 15 is 0 Å². The van der Waals surface area contributed by atoms with Gasteiger partial charge in [-0.3, -0.25) is 4.79 Å². The molecule has 0 aliphatic rings. The molecule has 0 aliphatic carbocycles. The Labute approximate surface area is 228 Å². The first kappa shape index (κ1) is 31.2. The summed E-state index contributed by atoms with van der Waals surface area (Å²) in [6.45, 7) is 1.20. The van der Waals surface area contributed by atoms with E-state index in [0.717, 1.165) is 39.4 Å². The molecule has 0 spiro atoms. The fraction of sp³-hybridized carbons (Fsp3) is 0.292. The fourth-order valence-electron chi connectivity index (χ4n) is 3.65. The smallest absolute Gasteiger partial charge is 0.245 e. The summed E-state index contributed by atoms with van der Waals surface area (Å²) in [7, 11) is 1.48. The number of nitrogens with zero attached hydrogens (tertiary/aromatic N) is 6. The predicted molar refractivity (Wildman–Crippen MR) is 142 cm³/mol. The van der Waals surface area contributed by atoms with Crippen LogP contribution in [0.2, 0.25) is 0 Å². The van der Waals surface area contributed by atoms with Crippen molar-refractivity contribution in [2.75, 3.05) is 26.8 Å². The van der Waals surface area contributed by atoms with Crippen LogP contribution in [0.5, 0.6) is 0 Å². The van der Waals surface area contributed by atoms with E-state index in [9.17, 15) is 4.79 Å². The number of ether oxygens (including phenoxy) is 1. The van der Waals surface area contributed by atoms with Crippen LogP contribution in [-0.4, -0.2) is 42.7 Å². The van der Waals surface area contributed by atoms with E-state index in [0.29, 0.717) is 30.9 Å². The van der Waals surface area contributed by atoms with Crippen molar-refractivity contribution in [2.24, 2.45) is 16.0 Å². The number of amides is 1. The van der Waals surface area contributed by atoms with Crippen molar-refractivity contribution in [1.82, 2.24) is 15.3 Å². The van der Waals surface area contributed by atoms with Crippen LogP contribution >= 0.6 is 0 Å². The van der Waals surface area contributed by atoms with Gasteiger partial charge in [-0.2, -0.15) is 0 Å². The number of hydrogen-bond acceptors (Lipinski definition) is 5. The maximum Gasteiger partial charge on any atom is 0.245 e. The molecular weight excluding hydrogens is 644 g/mol. The first-order chi connectivity index (χ1) is 17.1. The molecule has 13 heteroatoms. The van der Waals surface area contributed by atoms with Crippen LogP contribution in [0.3, 0.4) is 0 Å². The van der Waals surface area contributed by atoms with Crippen molar-refractivity contribution in [2.45, 2.75) is 20.3 Å². The quantitative estimate of drug-likeness (QED) is 0.101. The summed E-state index contributed by atoms with van der Waals surface area (Å²) in [5, 5.41) is 12.0. The maximum atomic E-state index is 11.3. The van der Waals surface area contributed by atoms with Crippen LogP contribution in [-0.2, 0) is 43.4 Å². The molecule has 4 aromatic rings. The average Bonchev–Trinajstić information content (AvgIpc) is 3.44. The summed E-state index contributed by atoms with van der Waals surface area (Å²) >= 11 is 0. The number of benzene rings is 2. The van der Waals surface area contributed by atoms with E-state index in [1.807, 2.05) is 36.7 Å². The number of nitrogens with two attached hydrogens (primary N) is 1. The minimum atomic E-state index is -0.137. The molecule has 5 N–H and O–H groups in total. The number of fused-ring (bicyclic) bond motifs is 2. The van der Waals surface area contributed by atoms with Gasteiger partial charge in [-0.1, -0.05) is 29.8 Å². The third-order valence-electron chi connectivity index (χ3n) is 5.23. The molecule has 2 heterocycles. The summed E-state index contributed by atoms with van der Waals surface area (Å²) in [6.07, 6.45) is 5.35. The first-order valence-electron chi connectivity index (χ1n) is 10.9. The van der Waals surface area contributed by atoms with Crippen LogP contribution in [0.25, 0.3) is 42.7 Å². The van der Waals surface area contributed by atoms with Crippen LogP contribution in [0.4, 0.5) is 11.4 Å². The Morgan fingerprint density at radius 1 is 0.973 bits per heavy atom. The molecule has 12 nitrogen and oxygen atoms in total. The van der Waals surface area contributed by atoms with E-state index < -0.39 is 0 Å². The van der Waals surface area contributed by atoms with E-state index in [2.05, 4.69) is 35.3 Å². The van der Waals surface area contributed by atoms with E-state index in [1.54, 1.807) is 12.1 Å². The Morgan fingerprint density at radius 3 is 1.95 bits per heavy atom. The van der Waals surface area contributed by atoms with Crippen LogP contribution in [0.1, 0.15) is 18.6 Å². The monoisotopic (exact) mass is 674 g/mol. The van der Waals surface area contributed by atoms with Crippen LogP contribution in [0.15, 0.2) is 59.0 Å². The summed E-state index contributed by atoms with van der Waals surface area (Å²) in [5.41, 5.74) is 27.7. The number of aromatic nitrogens is 2. The van der Waals surface area contributed by atoms with Gasteiger partial charge in [0.2, 0.25) is 5.91 Å². The molecule has 4 rings (SSSR count). The van der Waals surface area contributed by atoms with Gasteiger partial charge < -0.3 is 25.8 Å². The van der Waals surface area contributed by atoms with Crippen molar-refractivity contribution >= 4 is 39.1 Å². The topological polar surface area (TPSA) is 193 Å². The van der Waals surface area contributed by atoms with Gasteiger partial charge in [0.25, 0.3) is 0 Å². The second-order valence-electron chi connectivity index (χ2n) is 7.54. The van der Waals surface area contributed by atoms with Gasteiger partial charge >= 0.3 is 0 Å². The number of aromatic amines is 2. The number of H-pyrrole nitrogens is 2. The largest absolute Gasteiger partial charge is 0.375 e. The molecule has 37 heavy (non-hydrogen) atoms. The van der Waals surface area contributed by atoms with Gasteiger partial charge in [0.05, 0.1) is 0 Å². The number of nitrogens with one attached hydrogen (secondary N) is 3. The molecule has 2 aromatic carbocycles. The van der Waals surface area contributed by atoms with Crippen molar-refractivity contribution in [3.05, 3.63) is 80.8 Å². The van der Waals surface area contributed by atoms with Crippen molar-refractivity contribution in [1.29, 1.82) is 0 Å². The predicted octanol–water partition coefficient (Wildman–Crippen LogP) is 5.66. The van der Waals surface area contributed by atoms with E-state index in [4.69, 9.17) is 21.5 Å². The van der Waals surface area contributed by atoms with Gasteiger partial charge in [0.1, 0.15) is 6.61 Å². The fourth-order valence-corrected chi connectivity index (χ4v) is 3.65. The zero-order valence-corrected chi connectivity index (χ0v) is 22.6. The molecular formula is C24H30N10O2W. The maximum absolute atomic E-state index is 11.3. The summed E-state index contributed by atoms with van der Waals surface area (Å²) in [4.78, 5) is 23.1. The second kappa shape index (κ2) is 16.1. The number of hydrogen-bond donors (Lipinski definition) is 4. The number of azide groups is 2. The second-order valence-corrected chi connectivity index (χ2v) is 7.54. The molecule has 0 bridgehead atoms. The summed E-state index contributed by atoms with van der Waals surface area (Å²) < 4.78 is 4.74. The minimum absolute atomic E-state index is 0. The van der Waals surface area contributed by atoms with E-state index in [1.165, 1.54) is 7.11 Å². The zero-order valence-electron chi connectivity index (χ0n) is 19.6. The first-order valence-corrected chi connectivity index (χ1v) is 10.9. The SMILES string of the molecule is C.COCC(=O)NCCc1c[nH]c2ccc(N=[N+]=[N-])cc12.[N-]=[N+]=Nc1ccc2[nH]cc(CCN)c2c1.[W]. The van der Waals surface area contributed by atoms with Crippen LogP contribution < -0.4 is 11.1 Å². The van der Waals surface area contributed by atoms with Gasteiger partial charge in [0.15, 0.2) is 0 Å². The summed E-state index contributed by atoms with van der Waals surface area (Å²) in [6, 6.07) is 11.0. The number of carbonyl (C=O) groups is 1. The van der Waals surface area contributed by atoms with Gasteiger partial charge in [0, 0.05) is 90.1 Å². The molecule has 1 amide bonds. The molecule has 0 unspecified atom stereocenters. The number of carbonyl (C=O) groups excluding carboxylic acids is 1. The molecule has 0 saturated carbocycles. The number of methoxy groups -OCH3 is 1. The Kier molecular flexibility index (Phi) is 13.6. The van der Waals surface area contributed by atoms with Crippen molar-refractivity contribution in [3.8, 4) is 0 Å². The Bertz CT molecular complexity index is 1400. The molecule has 0 atom stereocenters. The zero-order chi connectivity index (χ0) is 25.0. The molecule has 0 aliphatic heterocycles.